The van der Waals surface area contributed by atoms with Gasteiger partial charge in [-0.1, -0.05) is 36.4 Å². The molecule has 0 radical (unpaired) electrons. The van der Waals surface area contributed by atoms with Crippen LogP contribution in [-0.4, -0.2) is 27.1 Å². The zero-order valence-corrected chi connectivity index (χ0v) is 15.9. The van der Waals surface area contributed by atoms with E-state index in [9.17, 15) is 9.59 Å². The van der Waals surface area contributed by atoms with Crippen molar-refractivity contribution in [2.24, 2.45) is 0 Å². The molecule has 0 unspecified atom stereocenters. The van der Waals surface area contributed by atoms with Gasteiger partial charge in [0.1, 0.15) is 11.2 Å². The first-order chi connectivity index (χ1) is 14.2. The molecule has 6 heteroatoms. The number of nitrogens with zero attached hydrogens (tertiary/aromatic N) is 3. The van der Waals surface area contributed by atoms with Crippen LogP contribution in [0.5, 0.6) is 0 Å². The van der Waals surface area contributed by atoms with Crippen LogP contribution in [0.2, 0.25) is 0 Å². The number of esters is 1. The maximum atomic E-state index is 13.3. The lowest BCUT2D eigenvalue weighted by atomic mass is 10.1. The van der Waals surface area contributed by atoms with Crippen LogP contribution in [0.25, 0.3) is 16.9 Å². The molecule has 0 N–H and O–H groups in total. The molecule has 0 spiro atoms. The highest BCUT2D eigenvalue weighted by Crippen LogP contribution is 2.17. The summed E-state index contributed by atoms with van der Waals surface area (Å²) in [5.74, 6) is -0.432. The van der Waals surface area contributed by atoms with Gasteiger partial charge in [0.2, 0.25) is 0 Å². The Labute approximate surface area is 167 Å². The van der Waals surface area contributed by atoms with E-state index in [0.717, 1.165) is 5.56 Å². The van der Waals surface area contributed by atoms with Crippen LogP contribution in [0.4, 0.5) is 0 Å². The summed E-state index contributed by atoms with van der Waals surface area (Å²) < 4.78 is 6.59. The van der Waals surface area contributed by atoms with Gasteiger partial charge in [-0.15, -0.1) is 0 Å². The summed E-state index contributed by atoms with van der Waals surface area (Å²) >= 11 is 0. The van der Waals surface area contributed by atoms with Gasteiger partial charge >= 0.3 is 5.97 Å². The third kappa shape index (κ3) is 3.78. The molecule has 4 rings (SSSR count). The van der Waals surface area contributed by atoms with Gasteiger partial charge in [-0.05, 0) is 42.8 Å². The molecule has 4 aromatic rings. The minimum absolute atomic E-state index is 0.263. The van der Waals surface area contributed by atoms with Crippen LogP contribution >= 0.6 is 0 Å². The van der Waals surface area contributed by atoms with Crippen molar-refractivity contribution in [2.45, 2.75) is 13.3 Å². The highest BCUT2D eigenvalue weighted by molar-refractivity contribution is 5.90. The number of hydrogen-bond donors (Lipinski definition) is 0. The number of carbonyl (C=O) groups excluding carboxylic acids is 1. The molecule has 0 fully saturated rings. The zero-order valence-electron chi connectivity index (χ0n) is 15.9. The van der Waals surface area contributed by atoms with Crippen molar-refractivity contribution < 1.29 is 9.53 Å². The Balaban J connectivity index is 1.90. The summed E-state index contributed by atoms with van der Waals surface area (Å²) in [6.07, 6.45) is 2.02. The lowest BCUT2D eigenvalue weighted by molar-refractivity contribution is 0.0526. The van der Waals surface area contributed by atoms with Gasteiger partial charge in [-0.2, -0.15) is 0 Å². The first-order valence-corrected chi connectivity index (χ1v) is 9.35. The summed E-state index contributed by atoms with van der Waals surface area (Å²) in [6, 6.07) is 20.1. The lowest BCUT2D eigenvalue weighted by Crippen LogP contribution is -2.25. The van der Waals surface area contributed by atoms with Crippen LogP contribution in [0, 0.1) is 0 Å². The fourth-order valence-corrected chi connectivity index (χ4v) is 3.20. The van der Waals surface area contributed by atoms with Gasteiger partial charge in [-0.25, -0.2) is 14.8 Å². The highest BCUT2D eigenvalue weighted by Gasteiger charge is 2.15. The predicted octanol–water partition coefficient (Wildman–Crippen LogP) is 3.55. The average molecular weight is 385 g/mol. The Kier molecular flexibility index (Phi) is 5.16. The second kappa shape index (κ2) is 8.06. The van der Waals surface area contributed by atoms with Gasteiger partial charge in [0.25, 0.3) is 5.56 Å². The van der Waals surface area contributed by atoms with E-state index in [1.807, 2.05) is 36.4 Å². The maximum Gasteiger partial charge on any atom is 0.338 e. The summed E-state index contributed by atoms with van der Waals surface area (Å²) in [6.45, 7) is 2.03. The van der Waals surface area contributed by atoms with Crippen molar-refractivity contribution in [3.8, 4) is 5.69 Å². The van der Waals surface area contributed by atoms with Gasteiger partial charge < -0.3 is 4.74 Å². The summed E-state index contributed by atoms with van der Waals surface area (Å²) in [5.41, 5.74) is 3.11. The van der Waals surface area contributed by atoms with Crippen LogP contribution in [0.3, 0.4) is 0 Å². The second-order valence-electron chi connectivity index (χ2n) is 6.48. The molecule has 0 saturated heterocycles. The van der Waals surface area contributed by atoms with Gasteiger partial charge in [0.15, 0.2) is 5.65 Å². The molecular formula is C23H19N3O3. The smallest absolute Gasteiger partial charge is 0.338 e. The monoisotopic (exact) mass is 385 g/mol. The molecule has 144 valence electrons. The number of pyridine rings is 1. The van der Waals surface area contributed by atoms with E-state index in [1.165, 1.54) is 4.57 Å². The predicted molar refractivity (Wildman–Crippen MR) is 110 cm³/mol. The number of rotatable bonds is 5. The molecule has 2 heterocycles. The number of benzene rings is 2. The fraction of sp³-hybridized carbons (Fsp3) is 0.130. The van der Waals surface area contributed by atoms with Crippen LogP contribution < -0.4 is 5.56 Å². The minimum atomic E-state index is -0.432. The molecular weight excluding hydrogens is 366 g/mol. The van der Waals surface area contributed by atoms with Crippen molar-refractivity contribution in [1.29, 1.82) is 0 Å². The third-order valence-electron chi connectivity index (χ3n) is 4.51. The van der Waals surface area contributed by atoms with E-state index in [4.69, 9.17) is 4.74 Å². The largest absolute Gasteiger partial charge is 0.462 e. The number of ether oxygens (including phenoxy) is 1. The van der Waals surface area contributed by atoms with Crippen LogP contribution in [0.1, 0.15) is 28.5 Å². The summed E-state index contributed by atoms with van der Waals surface area (Å²) in [5, 5.41) is 0. The number of hydrogen-bond acceptors (Lipinski definition) is 5. The van der Waals surface area contributed by atoms with Gasteiger partial charge in [0.05, 0.1) is 17.9 Å². The number of fused-ring (bicyclic) bond motifs is 1. The standard InChI is InChI=1S/C23H19N3O3/c1-2-29-23(28)17-10-6-11-18(15-17)26-21-19(12-7-13-24-21)25-20(22(26)27)14-16-8-4-3-5-9-16/h3-13,15H,2,14H2,1H3. The van der Waals surface area contributed by atoms with Gasteiger partial charge in [0, 0.05) is 12.6 Å². The molecule has 2 aromatic carbocycles. The van der Waals surface area contributed by atoms with Crippen LogP contribution in [0.15, 0.2) is 77.7 Å². The van der Waals surface area contributed by atoms with Crippen molar-refractivity contribution in [3.05, 3.63) is 100 Å². The van der Waals surface area contributed by atoms with E-state index in [2.05, 4.69) is 9.97 Å². The maximum absolute atomic E-state index is 13.3. The Morgan fingerprint density at radius 2 is 1.86 bits per heavy atom. The molecule has 0 aliphatic heterocycles. The van der Waals surface area contributed by atoms with Gasteiger partial charge in [-0.3, -0.25) is 9.36 Å². The SMILES string of the molecule is CCOC(=O)c1cccc(-n2c(=O)c(Cc3ccccc3)nc3cccnc32)c1. The Morgan fingerprint density at radius 1 is 1.03 bits per heavy atom. The molecule has 0 aliphatic carbocycles. The first-order valence-electron chi connectivity index (χ1n) is 9.35. The Bertz CT molecular complexity index is 1230. The second-order valence-corrected chi connectivity index (χ2v) is 6.48. The van der Waals surface area contributed by atoms with Crippen molar-refractivity contribution >= 4 is 17.1 Å². The minimum Gasteiger partial charge on any atom is -0.462 e. The zero-order chi connectivity index (χ0) is 20.2. The van der Waals surface area contributed by atoms with Crippen LogP contribution in [-0.2, 0) is 11.2 Å². The molecule has 0 saturated carbocycles. The van der Waals surface area contributed by atoms with Crippen molar-refractivity contribution in [3.63, 3.8) is 0 Å². The molecule has 0 atom stereocenters. The Morgan fingerprint density at radius 3 is 2.66 bits per heavy atom. The molecule has 0 aliphatic rings. The summed E-state index contributed by atoms with van der Waals surface area (Å²) in [4.78, 5) is 34.4. The van der Waals surface area contributed by atoms with E-state index in [0.29, 0.717) is 34.5 Å². The fourth-order valence-electron chi connectivity index (χ4n) is 3.20. The Hall–Kier alpha value is -3.80. The summed E-state index contributed by atoms with van der Waals surface area (Å²) in [7, 11) is 0. The topological polar surface area (TPSA) is 74.1 Å². The van der Waals surface area contributed by atoms with Crippen molar-refractivity contribution in [2.75, 3.05) is 6.61 Å². The normalized spacial score (nSPS) is 10.8. The van der Waals surface area contributed by atoms with E-state index >= 15 is 0 Å². The highest BCUT2D eigenvalue weighted by atomic mass is 16.5. The molecule has 2 aromatic heterocycles. The number of carbonyl (C=O) groups is 1. The van der Waals surface area contributed by atoms with E-state index < -0.39 is 5.97 Å². The first kappa shape index (κ1) is 18.6. The quantitative estimate of drug-likeness (QED) is 0.491. The van der Waals surface area contributed by atoms with Crippen molar-refractivity contribution in [1.82, 2.24) is 14.5 Å². The molecule has 6 nitrogen and oxygen atoms in total. The average Bonchev–Trinajstić information content (AvgIpc) is 2.75. The molecule has 0 bridgehead atoms. The number of aromatic nitrogens is 3. The molecule has 29 heavy (non-hydrogen) atoms. The molecule has 0 amide bonds. The lowest BCUT2D eigenvalue weighted by Gasteiger charge is -2.12. The third-order valence-corrected chi connectivity index (χ3v) is 4.51. The van der Waals surface area contributed by atoms with E-state index in [1.54, 1.807) is 43.5 Å². The van der Waals surface area contributed by atoms with E-state index in [-0.39, 0.29) is 12.2 Å².